The van der Waals surface area contributed by atoms with E-state index in [1.165, 1.54) is 24.9 Å². The number of imide groups is 1. The van der Waals surface area contributed by atoms with Crippen molar-refractivity contribution in [3.05, 3.63) is 59.6 Å². The maximum absolute atomic E-state index is 12.8. The van der Waals surface area contributed by atoms with Gasteiger partial charge in [0.25, 0.3) is 0 Å². The van der Waals surface area contributed by atoms with E-state index in [1.54, 1.807) is 36.4 Å². The van der Waals surface area contributed by atoms with Crippen LogP contribution in [0.3, 0.4) is 0 Å². The number of carbonyl (C=O) groups excluding carboxylic acids is 3. The first-order valence-corrected chi connectivity index (χ1v) is 10.2. The Kier molecular flexibility index (Phi) is 6.98. The Labute approximate surface area is 186 Å². The monoisotopic (exact) mass is 460 g/mol. The molecule has 0 bridgehead atoms. The Morgan fingerprint density at radius 1 is 1.19 bits per heavy atom. The average molecular weight is 461 g/mol. The van der Waals surface area contributed by atoms with Gasteiger partial charge in [-0.25, -0.2) is 9.69 Å². The van der Waals surface area contributed by atoms with Gasteiger partial charge >= 0.3 is 5.97 Å². The summed E-state index contributed by atoms with van der Waals surface area (Å²) in [7, 11) is 1.48. The lowest BCUT2D eigenvalue weighted by Crippen LogP contribution is -2.31. The first-order chi connectivity index (χ1) is 14.8. The molecule has 2 aromatic rings. The number of hydrogen-bond acceptors (Lipinski definition) is 6. The van der Waals surface area contributed by atoms with Crippen LogP contribution in [0.5, 0.6) is 5.75 Å². The fourth-order valence-electron chi connectivity index (χ4n) is 2.87. The Morgan fingerprint density at radius 2 is 1.90 bits per heavy atom. The highest BCUT2D eigenvalue weighted by Crippen LogP contribution is 2.36. The summed E-state index contributed by atoms with van der Waals surface area (Å²) in [4.78, 5) is 49.2. The highest BCUT2D eigenvalue weighted by atomic mass is 35.5. The minimum atomic E-state index is -1.22. The van der Waals surface area contributed by atoms with Crippen molar-refractivity contribution < 1.29 is 29.0 Å². The molecule has 8 nitrogen and oxygen atoms in total. The van der Waals surface area contributed by atoms with Crippen LogP contribution in [0.25, 0.3) is 0 Å². The number of aliphatic carboxylic acids is 1. The molecule has 0 aliphatic carbocycles. The molecule has 1 aliphatic rings. The lowest BCUT2D eigenvalue weighted by Gasteiger charge is -2.16. The van der Waals surface area contributed by atoms with Gasteiger partial charge in [0.05, 0.1) is 23.1 Å². The smallest absolute Gasteiger partial charge is 0.328 e. The topological polar surface area (TPSA) is 113 Å². The van der Waals surface area contributed by atoms with E-state index >= 15 is 0 Å². The van der Waals surface area contributed by atoms with Crippen LogP contribution in [0, 0.1) is 0 Å². The van der Waals surface area contributed by atoms with Crippen LogP contribution >= 0.6 is 23.4 Å². The molecule has 2 N–H and O–H groups in total. The van der Waals surface area contributed by atoms with Crippen LogP contribution in [-0.2, 0) is 19.2 Å². The Bertz CT molecular complexity index is 1070. The molecule has 1 aliphatic heterocycles. The molecule has 2 aromatic carbocycles. The number of amides is 3. The molecule has 3 rings (SSSR count). The number of nitrogens with one attached hydrogen (secondary N) is 1. The zero-order valence-electron chi connectivity index (χ0n) is 16.2. The van der Waals surface area contributed by atoms with E-state index in [-0.39, 0.29) is 18.2 Å². The molecule has 0 aromatic heterocycles. The van der Waals surface area contributed by atoms with Gasteiger partial charge in [0, 0.05) is 29.2 Å². The van der Waals surface area contributed by atoms with Gasteiger partial charge in [0.15, 0.2) is 0 Å². The van der Waals surface area contributed by atoms with Crippen molar-refractivity contribution in [2.75, 3.05) is 17.3 Å². The van der Waals surface area contributed by atoms with Gasteiger partial charge in [0.2, 0.25) is 17.7 Å². The number of thioether (sulfide) groups is 1. The SMILES string of the molecule is COc1ccc(N2C(=O)CC(Sc3ccc(NC(=O)/C=C/C(=O)O)cc3)C2=O)cc1Cl. The summed E-state index contributed by atoms with van der Waals surface area (Å²) >= 11 is 7.35. The average Bonchev–Trinajstić information content (AvgIpc) is 3.00. The van der Waals surface area contributed by atoms with E-state index in [9.17, 15) is 19.2 Å². The second-order valence-corrected chi connectivity index (χ2v) is 8.07. The molecule has 31 heavy (non-hydrogen) atoms. The van der Waals surface area contributed by atoms with Gasteiger partial charge in [0.1, 0.15) is 5.75 Å². The summed E-state index contributed by atoms with van der Waals surface area (Å²) in [5, 5.41) is 10.8. The van der Waals surface area contributed by atoms with E-state index in [1.807, 2.05) is 0 Å². The Hall–Kier alpha value is -3.30. The zero-order chi connectivity index (χ0) is 22.5. The molecule has 1 unspecified atom stereocenters. The highest BCUT2D eigenvalue weighted by molar-refractivity contribution is 8.00. The van der Waals surface area contributed by atoms with Crippen LogP contribution in [0.2, 0.25) is 5.02 Å². The minimum Gasteiger partial charge on any atom is -0.495 e. The number of carboxylic acids is 1. The number of ether oxygens (including phenoxy) is 1. The van der Waals surface area contributed by atoms with Crippen molar-refractivity contribution >= 4 is 58.4 Å². The summed E-state index contributed by atoms with van der Waals surface area (Å²) in [6, 6.07) is 11.4. The molecule has 0 radical (unpaired) electrons. The molecule has 160 valence electrons. The van der Waals surface area contributed by atoms with Gasteiger partial charge in [-0.15, -0.1) is 11.8 Å². The number of hydrogen-bond donors (Lipinski definition) is 2. The lowest BCUT2D eigenvalue weighted by molar-refractivity contribution is -0.131. The van der Waals surface area contributed by atoms with Crippen LogP contribution in [-0.4, -0.2) is 41.2 Å². The molecule has 0 saturated carbocycles. The number of anilines is 2. The number of halogens is 1. The van der Waals surface area contributed by atoms with E-state index in [0.717, 1.165) is 21.9 Å². The normalized spacial score (nSPS) is 16.1. The third-order valence-corrected chi connectivity index (χ3v) is 5.77. The quantitative estimate of drug-likeness (QED) is 0.481. The maximum atomic E-state index is 12.8. The summed E-state index contributed by atoms with van der Waals surface area (Å²) in [5.41, 5.74) is 0.851. The molecule has 1 fully saturated rings. The first-order valence-electron chi connectivity index (χ1n) is 8.97. The molecular formula is C21H17ClN2O6S. The fourth-order valence-corrected chi connectivity index (χ4v) is 4.18. The van der Waals surface area contributed by atoms with Crippen molar-refractivity contribution in [1.82, 2.24) is 0 Å². The maximum Gasteiger partial charge on any atom is 0.328 e. The molecular weight excluding hydrogens is 444 g/mol. The second-order valence-electron chi connectivity index (χ2n) is 6.38. The van der Waals surface area contributed by atoms with Gasteiger partial charge < -0.3 is 15.2 Å². The predicted molar refractivity (Wildman–Crippen MR) is 117 cm³/mol. The van der Waals surface area contributed by atoms with Crippen molar-refractivity contribution in [3.63, 3.8) is 0 Å². The molecule has 0 spiro atoms. The third kappa shape index (κ3) is 5.44. The van der Waals surface area contributed by atoms with Gasteiger partial charge in [-0.1, -0.05) is 11.6 Å². The first kappa shape index (κ1) is 22.4. The van der Waals surface area contributed by atoms with E-state index in [0.29, 0.717) is 22.1 Å². The van der Waals surface area contributed by atoms with Crippen molar-refractivity contribution in [3.8, 4) is 5.75 Å². The number of nitrogens with zero attached hydrogens (tertiary/aromatic N) is 1. The fraction of sp³-hybridized carbons (Fsp3) is 0.143. The molecule has 1 atom stereocenters. The minimum absolute atomic E-state index is 0.0472. The summed E-state index contributed by atoms with van der Waals surface area (Å²) < 4.78 is 5.09. The van der Waals surface area contributed by atoms with Gasteiger partial charge in [-0.2, -0.15) is 0 Å². The van der Waals surface area contributed by atoms with Crippen molar-refractivity contribution in [2.24, 2.45) is 0 Å². The number of carbonyl (C=O) groups is 4. The summed E-state index contributed by atoms with van der Waals surface area (Å²) in [6.07, 6.45) is 1.70. The highest BCUT2D eigenvalue weighted by Gasteiger charge is 2.40. The summed E-state index contributed by atoms with van der Waals surface area (Å²) in [6.45, 7) is 0. The van der Waals surface area contributed by atoms with Crippen LogP contribution in [0.1, 0.15) is 6.42 Å². The Balaban J connectivity index is 1.66. The molecule has 1 saturated heterocycles. The number of carboxylic acid groups (broad SMARTS) is 1. The zero-order valence-corrected chi connectivity index (χ0v) is 17.8. The van der Waals surface area contributed by atoms with Crippen molar-refractivity contribution in [1.29, 1.82) is 0 Å². The molecule has 10 heteroatoms. The standard InChI is InChI=1S/C21H17ClN2O6S/c1-30-16-7-4-13(10-15(16)22)24-19(26)11-17(21(24)29)31-14-5-2-12(3-6-14)23-18(25)8-9-20(27)28/h2-10,17H,11H2,1H3,(H,23,25)(H,27,28)/b9-8+. The Morgan fingerprint density at radius 3 is 2.52 bits per heavy atom. The third-order valence-electron chi connectivity index (χ3n) is 4.28. The summed E-state index contributed by atoms with van der Waals surface area (Å²) in [5.74, 6) is -2.01. The molecule has 1 heterocycles. The largest absolute Gasteiger partial charge is 0.495 e. The number of methoxy groups -OCH3 is 1. The van der Waals surface area contributed by atoms with Crippen LogP contribution < -0.4 is 15.0 Å². The second kappa shape index (κ2) is 9.67. The van der Waals surface area contributed by atoms with Crippen molar-refractivity contribution in [2.45, 2.75) is 16.6 Å². The van der Waals surface area contributed by atoms with E-state index in [2.05, 4.69) is 5.32 Å². The van der Waals surface area contributed by atoms with E-state index in [4.69, 9.17) is 21.4 Å². The lowest BCUT2D eigenvalue weighted by atomic mass is 10.3. The van der Waals surface area contributed by atoms with Gasteiger partial charge in [-0.05, 0) is 42.5 Å². The number of rotatable bonds is 7. The molecule has 3 amide bonds. The predicted octanol–water partition coefficient (Wildman–Crippen LogP) is 3.35. The number of benzene rings is 2. The van der Waals surface area contributed by atoms with E-state index < -0.39 is 17.1 Å². The van der Waals surface area contributed by atoms with Crippen LogP contribution in [0.4, 0.5) is 11.4 Å². The van der Waals surface area contributed by atoms with Gasteiger partial charge in [-0.3, -0.25) is 14.4 Å². The van der Waals surface area contributed by atoms with Crippen LogP contribution in [0.15, 0.2) is 59.5 Å².